The summed E-state index contributed by atoms with van der Waals surface area (Å²) in [4.78, 5) is 4.39. The maximum absolute atomic E-state index is 5.67. The smallest absolute Gasteiger partial charge is 0.222 e. The molecule has 1 N–H and O–H groups in total. The van der Waals surface area contributed by atoms with Gasteiger partial charge in [-0.2, -0.15) is 10.1 Å². The molecule has 7 nitrogen and oxygen atoms in total. The number of methoxy groups -OCH3 is 3. The predicted octanol–water partition coefficient (Wildman–Crippen LogP) is 4.21. The number of benzene rings is 2. The second kappa shape index (κ2) is 7.71. The van der Waals surface area contributed by atoms with E-state index < -0.39 is 0 Å². The van der Waals surface area contributed by atoms with Crippen molar-refractivity contribution in [3.8, 4) is 17.2 Å². The van der Waals surface area contributed by atoms with E-state index in [1.54, 1.807) is 27.7 Å². The van der Waals surface area contributed by atoms with Crippen molar-refractivity contribution in [1.29, 1.82) is 0 Å². The van der Waals surface area contributed by atoms with Gasteiger partial charge in [-0.3, -0.25) is 0 Å². The topological polar surface area (TPSA) is 70.4 Å². The maximum atomic E-state index is 5.67. The fourth-order valence-electron chi connectivity index (χ4n) is 3.63. The Morgan fingerprint density at radius 2 is 1.79 bits per heavy atom. The normalized spacial score (nSPS) is 18.1. The fraction of sp³-hybridized carbons (Fsp3) is 0.300. The summed E-state index contributed by atoms with van der Waals surface area (Å²) in [5.74, 6) is 2.72. The van der Waals surface area contributed by atoms with E-state index in [1.807, 2.05) is 28.9 Å². The number of aromatic nitrogens is 3. The van der Waals surface area contributed by atoms with Crippen LogP contribution in [0.1, 0.15) is 29.6 Å². The van der Waals surface area contributed by atoms with Crippen LogP contribution in [0.2, 0.25) is 0 Å². The molecule has 0 aliphatic carbocycles. The minimum Gasteiger partial charge on any atom is -0.496 e. The van der Waals surface area contributed by atoms with Crippen LogP contribution in [0.25, 0.3) is 0 Å². The van der Waals surface area contributed by atoms with Crippen LogP contribution in [0.15, 0.2) is 47.2 Å². The number of nitrogens with one attached hydrogen (secondary N) is 1. The van der Waals surface area contributed by atoms with E-state index in [4.69, 9.17) is 14.2 Å². The van der Waals surface area contributed by atoms with Gasteiger partial charge in [0.2, 0.25) is 5.95 Å². The Bertz CT molecular complexity index is 991. The van der Waals surface area contributed by atoms with Crippen molar-refractivity contribution in [1.82, 2.24) is 14.8 Å². The Hall–Kier alpha value is -2.74. The number of hydrogen-bond acceptors (Lipinski definition) is 6. The summed E-state index contributed by atoms with van der Waals surface area (Å²) in [6.07, 6.45) is 2.34. The van der Waals surface area contributed by atoms with E-state index in [1.165, 1.54) is 5.56 Å². The number of halogens is 1. The van der Waals surface area contributed by atoms with Gasteiger partial charge in [0.15, 0.2) is 11.5 Å². The lowest BCUT2D eigenvalue weighted by atomic mass is 9.92. The number of nitrogens with zero attached hydrogens (tertiary/aromatic N) is 3. The SMILES string of the molecule is COc1cc(OC)c([C@@H]2C[C@H](c3cccc(Br)c3)Nc3ncnn32)cc1OC. The minimum atomic E-state index is -0.0718. The molecule has 0 radical (unpaired) electrons. The van der Waals surface area contributed by atoms with Crippen LogP contribution in [-0.4, -0.2) is 36.1 Å². The first-order valence-corrected chi connectivity index (χ1v) is 9.65. The van der Waals surface area contributed by atoms with Gasteiger partial charge in [0, 0.05) is 16.1 Å². The first-order chi connectivity index (χ1) is 13.6. The Morgan fingerprint density at radius 3 is 2.50 bits per heavy atom. The van der Waals surface area contributed by atoms with E-state index in [2.05, 4.69) is 43.5 Å². The van der Waals surface area contributed by atoms with Crippen molar-refractivity contribution >= 4 is 21.9 Å². The minimum absolute atomic E-state index is 0.0718. The first kappa shape index (κ1) is 18.6. The molecular weight excluding hydrogens is 424 g/mol. The number of hydrogen-bond donors (Lipinski definition) is 1. The lowest BCUT2D eigenvalue weighted by Gasteiger charge is -2.32. The fourth-order valence-corrected chi connectivity index (χ4v) is 4.05. The third kappa shape index (κ3) is 3.28. The highest BCUT2D eigenvalue weighted by Crippen LogP contribution is 2.44. The van der Waals surface area contributed by atoms with Gasteiger partial charge in [-0.15, -0.1) is 0 Å². The van der Waals surface area contributed by atoms with Crippen LogP contribution in [-0.2, 0) is 0 Å². The van der Waals surface area contributed by atoms with Gasteiger partial charge >= 0.3 is 0 Å². The van der Waals surface area contributed by atoms with E-state index in [0.29, 0.717) is 11.5 Å². The van der Waals surface area contributed by atoms with E-state index in [9.17, 15) is 0 Å². The summed E-state index contributed by atoms with van der Waals surface area (Å²) in [5, 5.41) is 7.92. The molecule has 146 valence electrons. The molecule has 0 saturated carbocycles. The molecule has 1 aliphatic heterocycles. The Balaban J connectivity index is 1.80. The summed E-state index contributed by atoms with van der Waals surface area (Å²) >= 11 is 3.56. The zero-order valence-corrected chi connectivity index (χ0v) is 17.4. The van der Waals surface area contributed by atoms with Gasteiger partial charge in [-0.05, 0) is 30.2 Å². The molecule has 8 heteroatoms. The average molecular weight is 445 g/mol. The van der Waals surface area contributed by atoms with E-state index in [-0.39, 0.29) is 12.1 Å². The molecular formula is C20H21BrN4O3. The van der Waals surface area contributed by atoms with Gasteiger partial charge < -0.3 is 19.5 Å². The van der Waals surface area contributed by atoms with Crippen molar-refractivity contribution in [3.63, 3.8) is 0 Å². The van der Waals surface area contributed by atoms with Crippen LogP contribution in [0, 0.1) is 0 Å². The van der Waals surface area contributed by atoms with Gasteiger partial charge in [-0.25, -0.2) is 4.68 Å². The van der Waals surface area contributed by atoms with Crippen molar-refractivity contribution in [3.05, 3.63) is 58.3 Å². The average Bonchev–Trinajstić information content (AvgIpc) is 3.20. The summed E-state index contributed by atoms with van der Waals surface area (Å²) in [5.41, 5.74) is 2.14. The Morgan fingerprint density at radius 1 is 1.04 bits per heavy atom. The predicted molar refractivity (Wildman–Crippen MR) is 109 cm³/mol. The zero-order valence-electron chi connectivity index (χ0n) is 15.8. The van der Waals surface area contributed by atoms with Gasteiger partial charge in [0.05, 0.1) is 33.4 Å². The zero-order chi connectivity index (χ0) is 19.7. The van der Waals surface area contributed by atoms with Crippen LogP contribution >= 0.6 is 15.9 Å². The molecule has 0 saturated heterocycles. The third-order valence-corrected chi connectivity index (χ3v) is 5.47. The maximum Gasteiger partial charge on any atom is 0.222 e. The molecule has 3 aromatic rings. The number of rotatable bonds is 5. The van der Waals surface area contributed by atoms with Gasteiger partial charge in [-0.1, -0.05) is 28.1 Å². The van der Waals surface area contributed by atoms with Crippen molar-refractivity contribution in [2.45, 2.75) is 18.5 Å². The largest absolute Gasteiger partial charge is 0.496 e. The quantitative estimate of drug-likeness (QED) is 0.635. The molecule has 4 rings (SSSR count). The molecule has 0 bridgehead atoms. The second-order valence-corrected chi connectivity index (χ2v) is 7.40. The molecule has 28 heavy (non-hydrogen) atoms. The highest BCUT2D eigenvalue weighted by Gasteiger charge is 2.32. The molecule has 0 fully saturated rings. The number of anilines is 1. The van der Waals surface area contributed by atoms with E-state index >= 15 is 0 Å². The highest BCUT2D eigenvalue weighted by atomic mass is 79.9. The molecule has 0 spiro atoms. The monoisotopic (exact) mass is 444 g/mol. The van der Waals surface area contributed by atoms with Crippen LogP contribution < -0.4 is 19.5 Å². The van der Waals surface area contributed by atoms with Crippen molar-refractivity contribution in [2.75, 3.05) is 26.6 Å². The summed E-state index contributed by atoms with van der Waals surface area (Å²) in [6, 6.07) is 12.1. The van der Waals surface area contributed by atoms with Crippen LogP contribution in [0.3, 0.4) is 0 Å². The lowest BCUT2D eigenvalue weighted by molar-refractivity contribution is 0.341. The summed E-state index contributed by atoms with van der Waals surface area (Å²) < 4.78 is 19.5. The molecule has 0 unspecified atom stereocenters. The molecule has 1 aliphatic rings. The molecule has 2 heterocycles. The Kier molecular flexibility index (Phi) is 5.13. The summed E-state index contributed by atoms with van der Waals surface area (Å²) in [7, 11) is 4.89. The van der Waals surface area contributed by atoms with Crippen LogP contribution in [0.4, 0.5) is 5.95 Å². The highest BCUT2D eigenvalue weighted by molar-refractivity contribution is 9.10. The third-order valence-electron chi connectivity index (χ3n) is 4.98. The van der Waals surface area contributed by atoms with Crippen molar-refractivity contribution in [2.24, 2.45) is 0 Å². The lowest BCUT2D eigenvalue weighted by Crippen LogP contribution is -2.28. The summed E-state index contributed by atoms with van der Waals surface area (Å²) in [6.45, 7) is 0. The van der Waals surface area contributed by atoms with Gasteiger partial charge in [0.1, 0.15) is 12.1 Å². The van der Waals surface area contributed by atoms with E-state index in [0.717, 1.165) is 28.2 Å². The van der Waals surface area contributed by atoms with Crippen LogP contribution in [0.5, 0.6) is 17.2 Å². The first-order valence-electron chi connectivity index (χ1n) is 8.86. The Labute approximate surface area is 171 Å². The molecule has 2 aromatic carbocycles. The molecule has 0 amide bonds. The molecule has 1 aromatic heterocycles. The number of fused-ring (bicyclic) bond motifs is 1. The number of ether oxygens (including phenoxy) is 3. The second-order valence-electron chi connectivity index (χ2n) is 6.48. The molecule has 2 atom stereocenters. The van der Waals surface area contributed by atoms with Gasteiger partial charge in [0.25, 0.3) is 0 Å². The standard InChI is InChI=1S/C20H21BrN4O3/c1-26-17-10-19(28-3)18(27-2)8-14(17)16-9-15(12-5-4-6-13(21)7-12)24-20-22-11-23-25(16)20/h4-8,10-11,15-16H,9H2,1-3H3,(H,22,23,24)/t15-,16+/m1/s1. The van der Waals surface area contributed by atoms with Crippen molar-refractivity contribution < 1.29 is 14.2 Å².